The molecule has 2 N–H and O–H groups in total. The van der Waals surface area contributed by atoms with Crippen LogP contribution < -0.4 is 10.0 Å². The topological polar surface area (TPSA) is 93.1 Å². The second-order valence-corrected chi connectivity index (χ2v) is 9.22. The molecular weight excluding hydrogens is 443 g/mol. The first-order chi connectivity index (χ1) is 15.8. The number of aromatic nitrogens is 2. The van der Waals surface area contributed by atoms with E-state index in [9.17, 15) is 17.6 Å². The van der Waals surface area contributed by atoms with Gasteiger partial charge >= 0.3 is 0 Å². The van der Waals surface area contributed by atoms with Gasteiger partial charge in [0.1, 0.15) is 11.6 Å². The Morgan fingerprint density at radius 2 is 1.70 bits per heavy atom. The molecule has 0 aliphatic rings. The van der Waals surface area contributed by atoms with Gasteiger partial charge in [0.05, 0.1) is 22.0 Å². The second-order valence-electron chi connectivity index (χ2n) is 7.53. The molecule has 0 saturated carbocycles. The summed E-state index contributed by atoms with van der Waals surface area (Å²) in [5.41, 5.74) is 2.42. The van der Waals surface area contributed by atoms with Gasteiger partial charge in [0.15, 0.2) is 0 Å². The summed E-state index contributed by atoms with van der Waals surface area (Å²) in [7, 11) is -3.88. The monoisotopic (exact) mass is 466 g/mol. The number of carbonyl (C=O) groups is 1. The Hall–Kier alpha value is -3.72. The number of nitrogens with zero attached hydrogens (tertiary/aromatic N) is 2. The molecule has 0 saturated heterocycles. The van der Waals surface area contributed by atoms with Crippen molar-refractivity contribution in [2.24, 2.45) is 0 Å². The zero-order valence-electron chi connectivity index (χ0n) is 18.1. The van der Waals surface area contributed by atoms with E-state index in [1.54, 1.807) is 0 Å². The third-order valence-corrected chi connectivity index (χ3v) is 6.66. The quantitative estimate of drug-likeness (QED) is 0.420. The highest BCUT2D eigenvalue weighted by Crippen LogP contribution is 2.22. The summed E-state index contributed by atoms with van der Waals surface area (Å²) >= 11 is 0. The lowest BCUT2D eigenvalue weighted by atomic mass is 10.2. The Morgan fingerprint density at radius 3 is 2.36 bits per heavy atom. The van der Waals surface area contributed by atoms with Crippen LogP contribution >= 0.6 is 0 Å². The molecule has 170 valence electrons. The second kappa shape index (κ2) is 9.03. The number of imidazole rings is 1. The summed E-state index contributed by atoms with van der Waals surface area (Å²) in [6.07, 6.45) is 0. The highest BCUT2D eigenvalue weighted by Gasteiger charge is 2.19. The molecule has 0 spiro atoms. The molecule has 1 amide bonds. The maximum absolute atomic E-state index is 13.0. The van der Waals surface area contributed by atoms with Crippen LogP contribution in [0.1, 0.15) is 36.1 Å². The summed E-state index contributed by atoms with van der Waals surface area (Å²) in [5, 5.41) is 2.93. The lowest BCUT2D eigenvalue weighted by Crippen LogP contribution is -2.28. The van der Waals surface area contributed by atoms with E-state index in [1.807, 2.05) is 38.1 Å². The predicted molar refractivity (Wildman–Crippen MR) is 125 cm³/mol. The third kappa shape index (κ3) is 4.73. The van der Waals surface area contributed by atoms with E-state index in [4.69, 9.17) is 0 Å². The number of carbonyl (C=O) groups excluding carboxylic acids is 1. The SMILES string of the molecule is CCn1c(C(C)NC(=O)c2ccc(S(=O)(=O)Nc3ccc(F)cc3)cc2)nc2ccccc21. The standard InChI is InChI=1S/C24H23FN4O3S/c1-3-29-22-7-5-4-6-21(22)27-23(29)16(2)26-24(30)17-8-14-20(15-9-17)33(31,32)28-19-12-10-18(25)11-13-19/h4-16,28H,3H2,1-2H3,(H,26,30). The van der Waals surface area contributed by atoms with Crippen molar-refractivity contribution in [2.45, 2.75) is 31.3 Å². The minimum absolute atomic E-state index is 0.0100. The van der Waals surface area contributed by atoms with Crippen molar-refractivity contribution in [3.8, 4) is 0 Å². The lowest BCUT2D eigenvalue weighted by Gasteiger charge is -2.15. The van der Waals surface area contributed by atoms with Crippen LogP contribution in [0.2, 0.25) is 0 Å². The van der Waals surface area contributed by atoms with Crippen molar-refractivity contribution < 1.29 is 17.6 Å². The summed E-state index contributed by atoms with van der Waals surface area (Å²) < 4.78 is 42.6. The largest absolute Gasteiger partial charge is 0.342 e. The Bertz CT molecular complexity index is 1400. The van der Waals surface area contributed by atoms with Crippen molar-refractivity contribution in [2.75, 3.05) is 4.72 Å². The van der Waals surface area contributed by atoms with Crippen LogP contribution in [0, 0.1) is 5.82 Å². The minimum Gasteiger partial charge on any atom is -0.342 e. The summed E-state index contributed by atoms with van der Waals surface area (Å²) in [5.74, 6) is -0.0561. The number of para-hydroxylation sites is 2. The van der Waals surface area contributed by atoms with E-state index in [2.05, 4.69) is 19.6 Å². The van der Waals surface area contributed by atoms with Gasteiger partial charge in [-0.1, -0.05) is 12.1 Å². The molecule has 0 bridgehead atoms. The first kappa shape index (κ1) is 22.5. The molecule has 0 aliphatic carbocycles. The van der Waals surface area contributed by atoms with Crippen molar-refractivity contribution in [1.29, 1.82) is 0 Å². The van der Waals surface area contributed by atoms with Crippen LogP contribution in [0.3, 0.4) is 0 Å². The smallest absolute Gasteiger partial charge is 0.261 e. The normalized spacial score (nSPS) is 12.5. The number of halogens is 1. The van der Waals surface area contributed by atoms with Gasteiger partial charge in [-0.15, -0.1) is 0 Å². The molecule has 4 rings (SSSR count). The Kier molecular flexibility index (Phi) is 6.15. The van der Waals surface area contributed by atoms with Crippen molar-refractivity contribution in [3.63, 3.8) is 0 Å². The number of amides is 1. The summed E-state index contributed by atoms with van der Waals surface area (Å²) in [6, 6.07) is 18.0. The van der Waals surface area contributed by atoms with Crippen LogP contribution in [-0.4, -0.2) is 23.9 Å². The highest BCUT2D eigenvalue weighted by atomic mass is 32.2. The van der Waals surface area contributed by atoms with Gasteiger partial charge in [-0.05, 0) is 74.5 Å². The molecule has 4 aromatic rings. The maximum Gasteiger partial charge on any atom is 0.261 e. The number of nitrogens with one attached hydrogen (secondary N) is 2. The van der Waals surface area contributed by atoms with E-state index >= 15 is 0 Å². The predicted octanol–water partition coefficient (Wildman–Crippen LogP) is 4.49. The summed E-state index contributed by atoms with van der Waals surface area (Å²) in [4.78, 5) is 17.4. The summed E-state index contributed by atoms with van der Waals surface area (Å²) in [6.45, 7) is 4.59. The fraction of sp³-hybridized carbons (Fsp3) is 0.167. The van der Waals surface area contributed by atoms with E-state index in [0.717, 1.165) is 16.9 Å². The fourth-order valence-electron chi connectivity index (χ4n) is 3.62. The molecule has 1 heterocycles. The average molecular weight is 467 g/mol. The first-order valence-corrected chi connectivity index (χ1v) is 11.9. The van der Waals surface area contributed by atoms with Crippen LogP contribution in [0.4, 0.5) is 10.1 Å². The zero-order valence-corrected chi connectivity index (χ0v) is 18.9. The van der Waals surface area contributed by atoms with Gasteiger partial charge in [0, 0.05) is 17.8 Å². The Labute approximate surface area is 191 Å². The molecule has 0 radical (unpaired) electrons. The number of benzene rings is 3. The van der Waals surface area contributed by atoms with E-state index in [0.29, 0.717) is 12.1 Å². The van der Waals surface area contributed by atoms with Gasteiger partial charge in [-0.25, -0.2) is 17.8 Å². The number of hydrogen-bond acceptors (Lipinski definition) is 4. The van der Waals surface area contributed by atoms with Crippen LogP contribution in [0.5, 0.6) is 0 Å². The number of hydrogen-bond donors (Lipinski definition) is 2. The van der Waals surface area contributed by atoms with Gasteiger partial charge in [-0.2, -0.15) is 0 Å². The zero-order chi connectivity index (χ0) is 23.6. The van der Waals surface area contributed by atoms with Crippen LogP contribution in [-0.2, 0) is 16.6 Å². The van der Waals surface area contributed by atoms with Gasteiger partial charge in [0.2, 0.25) is 0 Å². The maximum atomic E-state index is 13.0. The number of aryl methyl sites for hydroxylation is 1. The average Bonchev–Trinajstić information content (AvgIpc) is 3.19. The molecule has 1 unspecified atom stereocenters. The van der Waals surface area contributed by atoms with Crippen molar-refractivity contribution >= 4 is 32.7 Å². The van der Waals surface area contributed by atoms with Crippen molar-refractivity contribution in [3.05, 3.63) is 90.0 Å². The van der Waals surface area contributed by atoms with Crippen LogP contribution in [0.15, 0.2) is 77.7 Å². The Morgan fingerprint density at radius 1 is 1.03 bits per heavy atom. The molecule has 1 aromatic heterocycles. The lowest BCUT2D eigenvalue weighted by molar-refractivity contribution is 0.0937. The molecule has 0 aliphatic heterocycles. The number of sulfonamides is 1. The number of fused-ring (bicyclic) bond motifs is 1. The minimum atomic E-state index is -3.88. The third-order valence-electron chi connectivity index (χ3n) is 5.26. The molecular formula is C24H23FN4O3S. The van der Waals surface area contributed by atoms with E-state index in [1.165, 1.54) is 48.5 Å². The van der Waals surface area contributed by atoms with Gasteiger partial charge < -0.3 is 9.88 Å². The molecule has 0 fully saturated rings. The van der Waals surface area contributed by atoms with Gasteiger partial charge in [0.25, 0.3) is 15.9 Å². The molecule has 33 heavy (non-hydrogen) atoms. The van der Waals surface area contributed by atoms with E-state index in [-0.39, 0.29) is 22.5 Å². The molecule has 3 aromatic carbocycles. The number of anilines is 1. The highest BCUT2D eigenvalue weighted by molar-refractivity contribution is 7.92. The van der Waals surface area contributed by atoms with Crippen molar-refractivity contribution in [1.82, 2.24) is 14.9 Å². The molecule has 9 heteroatoms. The first-order valence-electron chi connectivity index (χ1n) is 10.4. The molecule has 1 atom stereocenters. The fourth-order valence-corrected chi connectivity index (χ4v) is 4.68. The van der Waals surface area contributed by atoms with Crippen LogP contribution in [0.25, 0.3) is 11.0 Å². The Balaban J connectivity index is 1.49. The molecule has 7 nitrogen and oxygen atoms in total. The van der Waals surface area contributed by atoms with E-state index < -0.39 is 15.8 Å². The van der Waals surface area contributed by atoms with Gasteiger partial charge in [-0.3, -0.25) is 9.52 Å². The number of rotatable bonds is 7.